The topological polar surface area (TPSA) is 122 Å². The second kappa shape index (κ2) is 8.55. The maximum absolute atomic E-state index is 12.6. The summed E-state index contributed by atoms with van der Waals surface area (Å²) < 4.78 is 27.9. The maximum atomic E-state index is 12.6. The Hall–Kier alpha value is -3.12. The molecule has 12 heteroatoms. The number of benzene rings is 1. The van der Waals surface area contributed by atoms with Gasteiger partial charge >= 0.3 is 6.03 Å². The highest BCUT2D eigenvalue weighted by Gasteiger charge is 2.50. The van der Waals surface area contributed by atoms with E-state index in [-0.39, 0.29) is 17.3 Å². The van der Waals surface area contributed by atoms with E-state index < -0.39 is 33.9 Å². The summed E-state index contributed by atoms with van der Waals surface area (Å²) in [5.41, 5.74) is 0.420. The predicted molar refractivity (Wildman–Crippen MR) is 114 cm³/mol. The van der Waals surface area contributed by atoms with Gasteiger partial charge in [0.2, 0.25) is 10.0 Å². The highest BCUT2D eigenvalue weighted by Crippen LogP contribution is 2.19. The van der Waals surface area contributed by atoms with Crippen LogP contribution < -0.4 is 5.32 Å². The summed E-state index contributed by atoms with van der Waals surface area (Å²) in [6.45, 7) is 4.09. The minimum absolute atomic E-state index is 0.142. The third kappa shape index (κ3) is 4.08. The summed E-state index contributed by atoms with van der Waals surface area (Å²) >= 11 is 0. The fourth-order valence-electron chi connectivity index (χ4n) is 3.46. The number of fused-ring (bicyclic) bond motifs is 1. The lowest BCUT2D eigenvalue weighted by atomic mass is 10.1. The molecule has 0 spiro atoms. The van der Waals surface area contributed by atoms with Gasteiger partial charge in [0.05, 0.1) is 4.90 Å². The molecule has 1 fully saturated rings. The number of rotatable bonds is 7. The van der Waals surface area contributed by atoms with Gasteiger partial charge in [0.15, 0.2) is 6.54 Å². The molecule has 11 nitrogen and oxygen atoms in total. The van der Waals surface area contributed by atoms with E-state index in [9.17, 15) is 22.8 Å². The van der Waals surface area contributed by atoms with Crippen molar-refractivity contribution in [2.24, 2.45) is 4.99 Å². The number of carbonyl (C=O) groups is 3. The van der Waals surface area contributed by atoms with Gasteiger partial charge in [-0.2, -0.15) is 4.31 Å². The van der Waals surface area contributed by atoms with Crippen molar-refractivity contribution in [3.05, 3.63) is 24.3 Å². The summed E-state index contributed by atoms with van der Waals surface area (Å²) in [6, 6.07) is 4.56. The lowest BCUT2D eigenvalue weighted by molar-refractivity contribution is -0.519. The zero-order valence-corrected chi connectivity index (χ0v) is 18.6. The van der Waals surface area contributed by atoms with E-state index in [4.69, 9.17) is 0 Å². The number of likely N-dealkylation sites (N-methyl/N-ethyl adjacent to an activating group) is 2. The number of sulfonamides is 1. The van der Waals surface area contributed by atoms with Gasteiger partial charge in [-0.05, 0) is 29.3 Å². The summed E-state index contributed by atoms with van der Waals surface area (Å²) in [7, 11) is -0.688. The van der Waals surface area contributed by atoms with E-state index in [0.717, 1.165) is 4.90 Å². The van der Waals surface area contributed by atoms with Crippen molar-refractivity contribution >= 4 is 45.7 Å². The number of hydrogen-bond donors (Lipinski definition) is 1. The Kier molecular flexibility index (Phi) is 6.23. The van der Waals surface area contributed by atoms with Gasteiger partial charge in [0, 0.05) is 32.9 Å². The van der Waals surface area contributed by atoms with Crippen molar-refractivity contribution in [1.82, 2.24) is 14.1 Å². The first-order chi connectivity index (χ1) is 14.6. The van der Waals surface area contributed by atoms with E-state index in [1.54, 1.807) is 13.8 Å². The summed E-state index contributed by atoms with van der Waals surface area (Å²) in [6.07, 6.45) is 1.36. The Labute approximate surface area is 180 Å². The molecule has 1 aromatic rings. The third-order valence-corrected chi connectivity index (χ3v) is 7.27. The van der Waals surface area contributed by atoms with Gasteiger partial charge in [-0.3, -0.25) is 19.4 Å². The molecule has 1 saturated heterocycles. The van der Waals surface area contributed by atoms with Crippen LogP contribution in [-0.4, -0.2) is 96.9 Å². The second-order valence-corrected chi connectivity index (χ2v) is 9.02. The molecule has 2 aliphatic heterocycles. The molecule has 0 bridgehead atoms. The summed E-state index contributed by atoms with van der Waals surface area (Å²) in [5.74, 6) is -0.608. The molecule has 0 aliphatic carbocycles. The van der Waals surface area contributed by atoms with Crippen molar-refractivity contribution in [2.45, 2.75) is 24.8 Å². The minimum Gasteiger partial charge on any atom is -0.323 e. The molecule has 3 rings (SSSR count). The Balaban J connectivity index is 1.67. The quantitative estimate of drug-likeness (QED) is 0.587. The molecule has 31 heavy (non-hydrogen) atoms. The highest BCUT2D eigenvalue weighted by molar-refractivity contribution is 7.89. The molecule has 2 heterocycles. The lowest BCUT2D eigenvalue weighted by Gasteiger charge is -2.30. The van der Waals surface area contributed by atoms with Crippen LogP contribution in [0.15, 0.2) is 34.2 Å². The molecule has 0 saturated carbocycles. The average Bonchev–Trinajstić information content (AvgIpc) is 3.15. The molecule has 0 radical (unpaired) electrons. The number of amides is 4. The third-order valence-electron chi connectivity index (χ3n) is 5.20. The van der Waals surface area contributed by atoms with Gasteiger partial charge in [0.1, 0.15) is 0 Å². The molecular weight excluding hydrogens is 424 g/mol. The molecule has 1 unspecified atom stereocenters. The fourth-order valence-corrected chi connectivity index (χ4v) is 4.92. The van der Waals surface area contributed by atoms with Crippen molar-refractivity contribution in [3.63, 3.8) is 0 Å². The van der Waals surface area contributed by atoms with E-state index in [1.807, 2.05) is 0 Å². The van der Waals surface area contributed by atoms with Crippen LogP contribution in [0.4, 0.5) is 10.5 Å². The molecule has 4 amide bonds. The van der Waals surface area contributed by atoms with Crippen molar-refractivity contribution in [1.29, 1.82) is 0 Å². The van der Waals surface area contributed by atoms with Crippen LogP contribution in [0.2, 0.25) is 0 Å². The van der Waals surface area contributed by atoms with Crippen molar-refractivity contribution < 1.29 is 27.4 Å². The number of nitrogens with one attached hydrogen (secondary N) is 1. The first kappa shape index (κ1) is 22.6. The number of nitrogens with zero attached hydrogens (tertiary/aromatic N) is 5. The number of urea groups is 1. The molecule has 0 aromatic heterocycles. The Morgan fingerprint density at radius 1 is 1.13 bits per heavy atom. The maximum Gasteiger partial charge on any atom is 0.333 e. The van der Waals surface area contributed by atoms with Crippen LogP contribution >= 0.6 is 0 Å². The molecule has 1 N–H and O–H groups in total. The summed E-state index contributed by atoms with van der Waals surface area (Å²) in [4.78, 5) is 43.5. The zero-order chi connectivity index (χ0) is 22.9. The number of amidine groups is 1. The van der Waals surface area contributed by atoms with E-state index in [2.05, 4.69) is 10.3 Å². The number of carbonyl (C=O) groups excluding carboxylic acids is 3. The second-order valence-electron chi connectivity index (χ2n) is 7.08. The summed E-state index contributed by atoms with van der Waals surface area (Å²) in [5, 5.41) is 2.68. The number of hydrogen-bond acceptors (Lipinski definition) is 6. The molecule has 1 aromatic carbocycles. The predicted octanol–water partition coefficient (Wildman–Crippen LogP) is 0.000900. The van der Waals surface area contributed by atoms with Crippen LogP contribution in [0.25, 0.3) is 0 Å². The smallest absolute Gasteiger partial charge is 0.323 e. The number of aliphatic imine (C=N–C) groups is 1. The van der Waals surface area contributed by atoms with Crippen LogP contribution in [0, 0.1) is 0 Å². The normalized spacial score (nSPS) is 18.8. The van der Waals surface area contributed by atoms with E-state index >= 15 is 0 Å². The zero-order valence-electron chi connectivity index (χ0n) is 17.8. The molecule has 166 valence electrons. The SMILES string of the molecule is CCN(CC)S(=O)(=O)c1ccc(NC(=O)C[N+]2=CN=C3C2C(=O)N(C)C(=O)N3C)cc1. The number of imide groups is 1. The highest BCUT2D eigenvalue weighted by atomic mass is 32.2. The van der Waals surface area contributed by atoms with Gasteiger partial charge in [-0.25, -0.2) is 17.8 Å². The van der Waals surface area contributed by atoms with E-state index in [1.165, 1.54) is 58.5 Å². The molecule has 2 aliphatic rings. The fraction of sp³-hybridized carbons (Fsp3) is 0.421. The largest absolute Gasteiger partial charge is 0.333 e. The van der Waals surface area contributed by atoms with Crippen LogP contribution in [0.1, 0.15) is 13.8 Å². The Bertz CT molecular complexity index is 1080. The van der Waals surface area contributed by atoms with Crippen molar-refractivity contribution in [2.75, 3.05) is 39.0 Å². The monoisotopic (exact) mass is 449 g/mol. The van der Waals surface area contributed by atoms with Crippen LogP contribution in [0.5, 0.6) is 0 Å². The van der Waals surface area contributed by atoms with E-state index in [0.29, 0.717) is 18.8 Å². The van der Waals surface area contributed by atoms with Gasteiger partial charge in [-0.1, -0.05) is 13.8 Å². The lowest BCUT2D eigenvalue weighted by Crippen LogP contribution is -2.61. The molecular formula is C19H25N6O5S+. The minimum atomic E-state index is -3.58. The number of anilines is 1. The first-order valence-corrected chi connectivity index (χ1v) is 11.2. The first-order valence-electron chi connectivity index (χ1n) is 9.73. The Morgan fingerprint density at radius 2 is 1.74 bits per heavy atom. The van der Waals surface area contributed by atoms with Gasteiger partial charge in [0.25, 0.3) is 30.0 Å². The van der Waals surface area contributed by atoms with Crippen LogP contribution in [0.3, 0.4) is 0 Å². The Morgan fingerprint density at radius 3 is 2.32 bits per heavy atom. The molecule has 1 atom stereocenters. The van der Waals surface area contributed by atoms with Gasteiger partial charge in [-0.15, -0.1) is 0 Å². The van der Waals surface area contributed by atoms with Crippen molar-refractivity contribution in [3.8, 4) is 0 Å². The average molecular weight is 450 g/mol. The van der Waals surface area contributed by atoms with Crippen LogP contribution in [-0.2, 0) is 19.6 Å². The standard InChI is InChI=1S/C19H24N6O5S/c1-5-25(6-2)31(29,30)14-9-7-13(8-10-14)21-15(26)11-24-12-20-17-16(24)18(27)23(4)19(28)22(17)3/h7-10,12,16H,5-6,11H2,1-4H3/p+1. The van der Waals surface area contributed by atoms with Gasteiger partial charge < -0.3 is 5.32 Å².